The van der Waals surface area contributed by atoms with Crippen LogP contribution in [0.2, 0.25) is 0 Å². The predicted octanol–water partition coefficient (Wildman–Crippen LogP) is 4.23. The molecular weight excluding hydrogens is 251 g/mol. The normalized spacial score (nSPS) is 9.40. The number of hydrogen-bond acceptors (Lipinski definition) is 2. The summed E-state index contributed by atoms with van der Waals surface area (Å²) in [6, 6.07) is 16.0. The lowest BCUT2D eigenvalue weighted by Gasteiger charge is -2.04. The number of hydrogen-bond donors (Lipinski definition) is 0. The molecule has 20 heavy (non-hydrogen) atoms. The fraction of sp³-hybridized carbons (Fsp3) is 0.0588. The highest BCUT2D eigenvalue weighted by Gasteiger charge is 2.02. The first kappa shape index (κ1) is 13.5. The largest absolute Gasteiger partial charge is 0.207 e. The number of halogens is 1. The molecule has 0 bridgehead atoms. The average molecular weight is 262 g/mol. The Kier molecular flexibility index (Phi) is 3.93. The maximum absolute atomic E-state index is 13.2. The Morgan fingerprint density at radius 2 is 1.60 bits per heavy atom. The second kappa shape index (κ2) is 5.82. The van der Waals surface area contributed by atoms with Crippen LogP contribution in [0.25, 0.3) is 17.2 Å². The number of allylic oxidation sites excluding steroid dienone is 1. The quantitative estimate of drug-likeness (QED) is 0.760. The van der Waals surface area contributed by atoms with Gasteiger partial charge in [-0.1, -0.05) is 30.3 Å². The van der Waals surface area contributed by atoms with Crippen molar-refractivity contribution in [2.45, 2.75) is 6.92 Å². The van der Waals surface area contributed by atoms with Crippen LogP contribution in [0.1, 0.15) is 11.1 Å². The molecule has 2 aromatic rings. The van der Waals surface area contributed by atoms with E-state index in [4.69, 9.17) is 10.5 Å². The summed E-state index contributed by atoms with van der Waals surface area (Å²) < 4.78 is 13.2. The SMILES string of the molecule is Cc1cc(-c2ccc(C=C(C#N)C#N)cc2)ccc1F. The van der Waals surface area contributed by atoms with Gasteiger partial charge in [-0.3, -0.25) is 0 Å². The van der Waals surface area contributed by atoms with Crippen molar-refractivity contribution in [2.24, 2.45) is 0 Å². The molecule has 0 N–H and O–H groups in total. The third-order valence-corrected chi connectivity index (χ3v) is 2.95. The monoisotopic (exact) mass is 262 g/mol. The number of aryl methyl sites for hydroxylation is 1. The molecule has 2 rings (SSSR count). The van der Waals surface area contributed by atoms with E-state index < -0.39 is 0 Å². The predicted molar refractivity (Wildman–Crippen MR) is 75.8 cm³/mol. The topological polar surface area (TPSA) is 47.6 Å². The molecule has 0 unspecified atom stereocenters. The van der Waals surface area contributed by atoms with E-state index in [0.29, 0.717) is 5.56 Å². The molecule has 0 aromatic heterocycles. The first-order valence-corrected chi connectivity index (χ1v) is 6.02. The van der Waals surface area contributed by atoms with Crippen LogP contribution in [0.15, 0.2) is 48.0 Å². The molecule has 2 aromatic carbocycles. The Morgan fingerprint density at radius 1 is 1.00 bits per heavy atom. The first-order valence-electron chi connectivity index (χ1n) is 6.02. The molecule has 0 spiro atoms. The van der Waals surface area contributed by atoms with Crippen molar-refractivity contribution in [2.75, 3.05) is 0 Å². The molecule has 2 nitrogen and oxygen atoms in total. The van der Waals surface area contributed by atoms with Crippen LogP contribution in [0, 0.1) is 35.4 Å². The van der Waals surface area contributed by atoms with Crippen LogP contribution in [0.4, 0.5) is 4.39 Å². The van der Waals surface area contributed by atoms with Gasteiger partial charge in [-0.2, -0.15) is 10.5 Å². The number of benzene rings is 2. The van der Waals surface area contributed by atoms with Crippen LogP contribution in [-0.2, 0) is 0 Å². The fourth-order valence-electron chi connectivity index (χ4n) is 1.85. The van der Waals surface area contributed by atoms with E-state index >= 15 is 0 Å². The Morgan fingerprint density at radius 3 is 2.15 bits per heavy atom. The number of rotatable bonds is 2. The van der Waals surface area contributed by atoms with Gasteiger partial charge in [-0.05, 0) is 47.4 Å². The molecule has 0 aliphatic carbocycles. The molecular formula is C17H11FN2. The summed E-state index contributed by atoms with van der Waals surface area (Å²) in [7, 11) is 0. The zero-order valence-electron chi connectivity index (χ0n) is 10.9. The molecule has 96 valence electrons. The van der Waals surface area contributed by atoms with Gasteiger partial charge in [0.05, 0.1) is 0 Å². The van der Waals surface area contributed by atoms with Gasteiger partial charge in [0.15, 0.2) is 0 Å². The van der Waals surface area contributed by atoms with E-state index in [9.17, 15) is 4.39 Å². The smallest absolute Gasteiger partial charge is 0.130 e. The Labute approximate surface area is 117 Å². The highest BCUT2D eigenvalue weighted by molar-refractivity contribution is 5.68. The van der Waals surface area contributed by atoms with Gasteiger partial charge >= 0.3 is 0 Å². The van der Waals surface area contributed by atoms with E-state index in [2.05, 4.69) is 0 Å². The summed E-state index contributed by atoms with van der Waals surface area (Å²) >= 11 is 0. The van der Waals surface area contributed by atoms with Crippen molar-refractivity contribution < 1.29 is 4.39 Å². The molecule has 0 amide bonds. The molecule has 3 heteroatoms. The third-order valence-electron chi connectivity index (χ3n) is 2.95. The molecule has 0 radical (unpaired) electrons. The lowest BCUT2D eigenvalue weighted by atomic mass is 10.0. The maximum Gasteiger partial charge on any atom is 0.130 e. The van der Waals surface area contributed by atoms with Crippen molar-refractivity contribution in [3.8, 4) is 23.3 Å². The summed E-state index contributed by atoms with van der Waals surface area (Å²) in [5, 5.41) is 17.4. The van der Waals surface area contributed by atoms with Crippen molar-refractivity contribution >= 4 is 6.08 Å². The minimum atomic E-state index is -0.221. The average Bonchev–Trinajstić information content (AvgIpc) is 2.48. The molecule has 0 saturated carbocycles. The minimum Gasteiger partial charge on any atom is -0.207 e. The van der Waals surface area contributed by atoms with E-state index in [0.717, 1.165) is 16.7 Å². The Balaban J connectivity index is 2.34. The molecule has 0 aliphatic heterocycles. The lowest BCUT2D eigenvalue weighted by Crippen LogP contribution is -1.84. The summed E-state index contributed by atoms with van der Waals surface area (Å²) in [6.45, 7) is 1.72. The van der Waals surface area contributed by atoms with Gasteiger partial charge in [-0.25, -0.2) is 4.39 Å². The van der Waals surface area contributed by atoms with Crippen LogP contribution in [0.3, 0.4) is 0 Å². The Bertz CT molecular complexity index is 728. The minimum absolute atomic E-state index is 0.0652. The molecule has 0 saturated heterocycles. The zero-order chi connectivity index (χ0) is 14.5. The van der Waals surface area contributed by atoms with Crippen molar-refractivity contribution in [1.82, 2.24) is 0 Å². The Hall–Kier alpha value is -2.91. The van der Waals surface area contributed by atoms with E-state index in [-0.39, 0.29) is 11.4 Å². The molecule has 0 atom stereocenters. The highest BCUT2D eigenvalue weighted by Crippen LogP contribution is 2.22. The molecule has 0 aliphatic rings. The van der Waals surface area contributed by atoms with Crippen LogP contribution in [0.5, 0.6) is 0 Å². The third kappa shape index (κ3) is 2.91. The van der Waals surface area contributed by atoms with Gasteiger partial charge in [-0.15, -0.1) is 0 Å². The second-order valence-corrected chi connectivity index (χ2v) is 4.37. The number of nitriles is 2. The van der Waals surface area contributed by atoms with Gasteiger partial charge in [0, 0.05) is 0 Å². The fourth-order valence-corrected chi connectivity index (χ4v) is 1.85. The second-order valence-electron chi connectivity index (χ2n) is 4.37. The summed E-state index contributed by atoms with van der Waals surface area (Å²) in [5.41, 5.74) is 3.34. The van der Waals surface area contributed by atoms with Crippen LogP contribution < -0.4 is 0 Å². The molecule has 0 fully saturated rings. The zero-order valence-corrected chi connectivity index (χ0v) is 10.9. The van der Waals surface area contributed by atoms with Crippen LogP contribution >= 0.6 is 0 Å². The standard InChI is InChI=1S/C17H11FN2/c1-12-8-16(6-7-17(12)18)15-4-2-13(3-5-15)9-14(10-19)11-20/h2-9H,1H3. The van der Waals surface area contributed by atoms with Gasteiger partial charge in [0.2, 0.25) is 0 Å². The van der Waals surface area contributed by atoms with E-state index in [1.807, 2.05) is 36.4 Å². The van der Waals surface area contributed by atoms with Crippen LogP contribution in [-0.4, -0.2) is 0 Å². The van der Waals surface area contributed by atoms with Crippen molar-refractivity contribution in [1.29, 1.82) is 10.5 Å². The first-order chi connectivity index (χ1) is 9.63. The van der Waals surface area contributed by atoms with Gasteiger partial charge < -0.3 is 0 Å². The van der Waals surface area contributed by atoms with E-state index in [1.165, 1.54) is 12.1 Å². The van der Waals surface area contributed by atoms with Crippen molar-refractivity contribution in [3.05, 3.63) is 65.0 Å². The van der Waals surface area contributed by atoms with Crippen molar-refractivity contribution in [3.63, 3.8) is 0 Å². The van der Waals surface area contributed by atoms with Gasteiger partial charge in [0.25, 0.3) is 0 Å². The number of nitrogens with zero attached hydrogens (tertiary/aromatic N) is 2. The van der Waals surface area contributed by atoms with E-state index in [1.54, 1.807) is 19.1 Å². The summed E-state index contributed by atoms with van der Waals surface area (Å²) in [6.07, 6.45) is 1.53. The summed E-state index contributed by atoms with van der Waals surface area (Å²) in [4.78, 5) is 0. The lowest BCUT2D eigenvalue weighted by molar-refractivity contribution is 0.619. The highest BCUT2D eigenvalue weighted by atomic mass is 19.1. The maximum atomic E-state index is 13.2. The van der Waals surface area contributed by atoms with Gasteiger partial charge in [0.1, 0.15) is 23.5 Å². The summed E-state index contributed by atoms with van der Waals surface area (Å²) in [5.74, 6) is -0.221. The molecule has 0 heterocycles.